The number of nitrogens with zero attached hydrogens (tertiary/aromatic N) is 2. The minimum absolute atomic E-state index is 0.832. The van der Waals surface area contributed by atoms with Crippen molar-refractivity contribution in [3.05, 3.63) is 66.0 Å². The Kier molecular flexibility index (Phi) is 3.83. The number of nitrogens with one attached hydrogen (secondary N) is 1. The fourth-order valence-electron chi connectivity index (χ4n) is 1.89. The molecule has 0 fully saturated rings. The van der Waals surface area contributed by atoms with E-state index in [1.54, 1.807) is 11.8 Å². The van der Waals surface area contributed by atoms with Crippen LogP contribution < -0.4 is 0 Å². The standard InChI is InChI=1S/C16H15N3S/c1-12-5-7-13(8-6-12)15-10-16(19-18-15)20-11-14-4-2-3-9-17-14/h2-10H,11H2,1H3,(H,18,19). The van der Waals surface area contributed by atoms with Gasteiger partial charge in [0.25, 0.3) is 0 Å². The Morgan fingerprint density at radius 1 is 1.10 bits per heavy atom. The molecule has 0 bridgehead atoms. The molecule has 4 heteroatoms. The van der Waals surface area contributed by atoms with Crippen LogP contribution in [-0.2, 0) is 5.75 Å². The molecule has 0 amide bonds. The fraction of sp³-hybridized carbons (Fsp3) is 0.125. The van der Waals surface area contributed by atoms with Crippen molar-refractivity contribution in [1.82, 2.24) is 15.2 Å². The van der Waals surface area contributed by atoms with Gasteiger partial charge in [-0.05, 0) is 30.7 Å². The summed E-state index contributed by atoms with van der Waals surface area (Å²) in [5.74, 6) is 0.832. The summed E-state index contributed by atoms with van der Waals surface area (Å²) < 4.78 is 0. The first-order valence-corrected chi connectivity index (χ1v) is 7.45. The summed E-state index contributed by atoms with van der Waals surface area (Å²) in [6.07, 6.45) is 1.82. The topological polar surface area (TPSA) is 41.6 Å². The Morgan fingerprint density at radius 3 is 2.70 bits per heavy atom. The average molecular weight is 281 g/mol. The first kappa shape index (κ1) is 12.9. The molecule has 3 rings (SSSR count). The molecule has 0 spiro atoms. The Morgan fingerprint density at radius 2 is 1.95 bits per heavy atom. The van der Waals surface area contributed by atoms with Gasteiger partial charge in [0, 0.05) is 11.9 Å². The smallest absolute Gasteiger partial charge is 0.119 e. The van der Waals surface area contributed by atoms with Gasteiger partial charge in [0.05, 0.1) is 11.4 Å². The molecule has 2 heterocycles. The zero-order chi connectivity index (χ0) is 13.8. The molecule has 20 heavy (non-hydrogen) atoms. The molecule has 0 saturated heterocycles. The molecule has 1 aromatic carbocycles. The van der Waals surface area contributed by atoms with Gasteiger partial charge >= 0.3 is 0 Å². The van der Waals surface area contributed by atoms with Gasteiger partial charge in [-0.2, -0.15) is 5.10 Å². The number of hydrogen-bond donors (Lipinski definition) is 1. The van der Waals surface area contributed by atoms with E-state index in [1.807, 2.05) is 24.4 Å². The molecule has 0 aliphatic heterocycles. The van der Waals surface area contributed by atoms with Gasteiger partial charge in [0.1, 0.15) is 5.03 Å². The van der Waals surface area contributed by atoms with Crippen molar-refractivity contribution >= 4 is 11.8 Å². The second-order valence-electron chi connectivity index (χ2n) is 4.60. The summed E-state index contributed by atoms with van der Waals surface area (Å²) in [4.78, 5) is 4.31. The van der Waals surface area contributed by atoms with Crippen molar-refractivity contribution in [1.29, 1.82) is 0 Å². The van der Waals surface area contributed by atoms with E-state index in [2.05, 4.69) is 52.4 Å². The molecule has 100 valence electrons. The lowest BCUT2D eigenvalue weighted by molar-refractivity contribution is 1.00. The van der Waals surface area contributed by atoms with Crippen molar-refractivity contribution in [2.45, 2.75) is 17.7 Å². The predicted octanol–water partition coefficient (Wildman–Crippen LogP) is 4.07. The van der Waals surface area contributed by atoms with E-state index in [4.69, 9.17) is 0 Å². The number of hydrogen-bond acceptors (Lipinski definition) is 3. The van der Waals surface area contributed by atoms with Crippen LogP contribution in [0.4, 0.5) is 0 Å². The molecule has 1 N–H and O–H groups in total. The van der Waals surface area contributed by atoms with Crippen LogP contribution in [0.2, 0.25) is 0 Å². The number of rotatable bonds is 4. The van der Waals surface area contributed by atoms with E-state index in [-0.39, 0.29) is 0 Å². The molecule has 0 aliphatic rings. The Hall–Kier alpha value is -2.07. The lowest BCUT2D eigenvalue weighted by atomic mass is 10.1. The molecule has 2 aromatic heterocycles. The summed E-state index contributed by atoms with van der Waals surface area (Å²) in [5, 5.41) is 8.42. The van der Waals surface area contributed by atoms with Crippen LogP contribution in [0.15, 0.2) is 59.8 Å². The van der Waals surface area contributed by atoms with E-state index >= 15 is 0 Å². The highest BCUT2D eigenvalue weighted by Gasteiger charge is 2.04. The summed E-state index contributed by atoms with van der Waals surface area (Å²) in [6, 6.07) is 16.5. The van der Waals surface area contributed by atoms with Crippen LogP contribution in [0.5, 0.6) is 0 Å². The second-order valence-corrected chi connectivity index (χ2v) is 5.59. The van der Waals surface area contributed by atoms with E-state index < -0.39 is 0 Å². The largest absolute Gasteiger partial charge is 0.277 e. The van der Waals surface area contributed by atoms with Gasteiger partial charge in [0.15, 0.2) is 0 Å². The third kappa shape index (κ3) is 3.08. The predicted molar refractivity (Wildman–Crippen MR) is 82.6 cm³/mol. The van der Waals surface area contributed by atoms with Crippen molar-refractivity contribution in [3.8, 4) is 11.3 Å². The minimum atomic E-state index is 0.832. The van der Waals surface area contributed by atoms with Crippen molar-refractivity contribution in [3.63, 3.8) is 0 Å². The lowest BCUT2D eigenvalue weighted by Crippen LogP contribution is -1.84. The third-order valence-corrected chi connectivity index (χ3v) is 3.96. The van der Waals surface area contributed by atoms with E-state index in [9.17, 15) is 0 Å². The first-order chi connectivity index (χ1) is 9.81. The van der Waals surface area contributed by atoms with Gasteiger partial charge in [-0.15, -0.1) is 0 Å². The number of pyridine rings is 1. The van der Waals surface area contributed by atoms with Crippen LogP contribution in [-0.4, -0.2) is 15.2 Å². The highest BCUT2D eigenvalue weighted by atomic mass is 32.2. The number of aryl methyl sites for hydroxylation is 1. The van der Waals surface area contributed by atoms with Gasteiger partial charge in [-0.1, -0.05) is 47.7 Å². The molecule has 0 atom stereocenters. The van der Waals surface area contributed by atoms with Crippen molar-refractivity contribution < 1.29 is 0 Å². The Labute approximate surface area is 122 Å². The zero-order valence-electron chi connectivity index (χ0n) is 11.2. The number of H-pyrrole nitrogens is 1. The average Bonchev–Trinajstić information content (AvgIpc) is 2.96. The number of benzene rings is 1. The highest BCUT2D eigenvalue weighted by molar-refractivity contribution is 7.98. The van der Waals surface area contributed by atoms with Gasteiger partial charge < -0.3 is 0 Å². The Balaban J connectivity index is 1.69. The molecule has 3 nitrogen and oxygen atoms in total. The van der Waals surface area contributed by atoms with Crippen LogP contribution in [0.1, 0.15) is 11.3 Å². The van der Waals surface area contributed by atoms with Crippen molar-refractivity contribution in [2.75, 3.05) is 0 Å². The highest BCUT2D eigenvalue weighted by Crippen LogP contribution is 2.25. The SMILES string of the molecule is Cc1ccc(-c2cc(SCc3ccccn3)n[nH]2)cc1. The lowest BCUT2D eigenvalue weighted by Gasteiger charge is -1.97. The molecule has 0 unspecified atom stereocenters. The van der Waals surface area contributed by atoms with E-state index in [0.29, 0.717) is 0 Å². The van der Waals surface area contributed by atoms with Gasteiger partial charge in [-0.3, -0.25) is 10.1 Å². The van der Waals surface area contributed by atoms with E-state index in [1.165, 1.54) is 5.56 Å². The van der Waals surface area contributed by atoms with Crippen LogP contribution >= 0.6 is 11.8 Å². The maximum atomic E-state index is 4.34. The Bertz CT molecular complexity index is 674. The van der Waals surface area contributed by atoms with Crippen molar-refractivity contribution in [2.24, 2.45) is 0 Å². The quantitative estimate of drug-likeness (QED) is 0.733. The summed E-state index contributed by atoms with van der Waals surface area (Å²) >= 11 is 1.69. The maximum absolute atomic E-state index is 4.34. The molecule has 0 saturated carbocycles. The van der Waals surface area contributed by atoms with Gasteiger partial charge in [0.2, 0.25) is 0 Å². The van der Waals surface area contributed by atoms with E-state index in [0.717, 1.165) is 27.7 Å². The normalized spacial score (nSPS) is 10.7. The van der Waals surface area contributed by atoms with Crippen LogP contribution in [0.25, 0.3) is 11.3 Å². The zero-order valence-corrected chi connectivity index (χ0v) is 12.0. The number of thioether (sulfide) groups is 1. The van der Waals surface area contributed by atoms with Crippen LogP contribution in [0, 0.1) is 6.92 Å². The third-order valence-electron chi connectivity index (χ3n) is 3.01. The summed E-state index contributed by atoms with van der Waals surface area (Å²) in [7, 11) is 0. The number of aromatic amines is 1. The molecular weight excluding hydrogens is 266 g/mol. The molecule has 0 aliphatic carbocycles. The summed E-state index contributed by atoms with van der Waals surface area (Å²) in [6.45, 7) is 2.09. The van der Waals surface area contributed by atoms with Crippen LogP contribution in [0.3, 0.4) is 0 Å². The monoisotopic (exact) mass is 281 g/mol. The number of aromatic nitrogens is 3. The maximum Gasteiger partial charge on any atom is 0.119 e. The molecule has 0 radical (unpaired) electrons. The fourth-order valence-corrected chi connectivity index (χ4v) is 2.67. The van der Waals surface area contributed by atoms with Gasteiger partial charge in [-0.25, -0.2) is 0 Å². The second kappa shape index (κ2) is 5.92. The summed E-state index contributed by atoms with van der Waals surface area (Å²) in [5.41, 5.74) is 4.54. The molecule has 3 aromatic rings. The molecular formula is C16H15N3S. The first-order valence-electron chi connectivity index (χ1n) is 6.46. The minimum Gasteiger partial charge on any atom is -0.277 e.